The van der Waals surface area contributed by atoms with Crippen molar-refractivity contribution in [2.75, 3.05) is 13.1 Å². The maximum atomic E-state index is 12.5. The van der Waals surface area contributed by atoms with Crippen LogP contribution in [0, 0.1) is 13.8 Å². The van der Waals surface area contributed by atoms with Gasteiger partial charge in [0.05, 0.1) is 12.7 Å². The van der Waals surface area contributed by atoms with Crippen LogP contribution >= 0.6 is 0 Å². The van der Waals surface area contributed by atoms with E-state index in [0.717, 1.165) is 35.1 Å². The second kappa shape index (κ2) is 8.74. The molecule has 3 aromatic rings. The molecule has 1 aliphatic heterocycles. The van der Waals surface area contributed by atoms with Crippen LogP contribution in [0.5, 0.6) is 0 Å². The highest BCUT2D eigenvalue weighted by atomic mass is 16.3. The van der Waals surface area contributed by atoms with Crippen LogP contribution < -0.4 is 5.32 Å². The summed E-state index contributed by atoms with van der Waals surface area (Å²) in [6, 6.07) is 12.4. The molecule has 5 heteroatoms. The van der Waals surface area contributed by atoms with Crippen LogP contribution in [-0.2, 0) is 29.0 Å². The normalized spacial score (nSPS) is 13.3. The van der Waals surface area contributed by atoms with Crippen molar-refractivity contribution < 1.29 is 14.0 Å². The van der Waals surface area contributed by atoms with Crippen LogP contribution in [0.25, 0.3) is 11.0 Å². The van der Waals surface area contributed by atoms with E-state index in [1.807, 2.05) is 36.9 Å². The third-order valence-corrected chi connectivity index (χ3v) is 6.07. The zero-order valence-corrected chi connectivity index (χ0v) is 17.7. The van der Waals surface area contributed by atoms with E-state index in [0.29, 0.717) is 25.9 Å². The van der Waals surface area contributed by atoms with Crippen molar-refractivity contribution in [3.63, 3.8) is 0 Å². The first kappa shape index (κ1) is 20.2. The number of aryl methyl sites for hydroxylation is 2. The van der Waals surface area contributed by atoms with E-state index in [1.54, 1.807) is 6.26 Å². The molecule has 2 amide bonds. The van der Waals surface area contributed by atoms with Gasteiger partial charge < -0.3 is 14.6 Å². The fourth-order valence-corrected chi connectivity index (χ4v) is 4.09. The minimum atomic E-state index is -0.0460. The number of fused-ring (bicyclic) bond motifs is 2. The third kappa shape index (κ3) is 4.25. The maximum Gasteiger partial charge on any atom is 0.224 e. The van der Waals surface area contributed by atoms with Crippen molar-refractivity contribution in [2.24, 2.45) is 0 Å². The zero-order valence-electron chi connectivity index (χ0n) is 17.7. The average Bonchev–Trinajstić information content (AvgIpc) is 3.16. The van der Waals surface area contributed by atoms with Gasteiger partial charge >= 0.3 is 0 Å². The van der Waals surface area contributed by atoms with Crippen molar-refractivity contribution in [1.29, 1.82) is 0 Å². The monoisotopic (exact) mass is 404 g/mol. The molecule has 5 nitrogen and oxygen atoms in total. The van der Waals surface area contributed by atoms with E-state index in [1.165, 1.54) is 16.7 Å². The lowest BCUT2D eigenvalue weighted by molar-refractivity contribution is -0.132. The Labute approximate surface area is 177 Å². The molecule has 0 fully saturated rings. The highest BCUT2D eigenvalue weighted by molar-refractivity contribution is 5.89. The molecule has 0 saturated heterocycles. The van der Waals surface area contributed by atoms with Crippen molar-refractivity contribution in [3.8, 4) is 0 Å². The van der Waals surface area contributed by atoms with Gasteiger partial charge in [-0.15, -0.1) is 0 Å². The van der Waals surface area contributed by atoms with Gasteiger partial charge in [0, 0.05) is 37.0 Å². The molecule has 0 bridgehead atoms. The Morgan fingerprint density at radius 2 is 1.90 bits per heavy atom. The fourth-order valence-electron chi connectivity index (χ4n) is 4.09. The first-order chi connectivity index (χ1) is 14.5. The summed E-state index contributed by atoms with van der Waals surface area (Å²) in [6.45, 7) is 6.04. The minimum absolute atomic E-state index is 0.0460. The van der Waals surface area contributed by atoms with Crippen molar-refractivity contribution in [1.82, 2.24) is 10.2 Å². The number of benzene rings is 2. The van der Waals surface area contributed by atoms with Gasteiger partial charge in [-0.05, 0) is 48.9 Å². The van der Waals surface area contributed by atoms with Crippen molar-refractivity contribution >= 4 is 22.8 Å². The molecule has 0 aliphatic carbocycles. The Balaban J connectivity index is 1.23. The van der Waals surface area contributed by atoms with Crippen LogP contribution in [0.2, 0.25) is 0 Å². The molecular weight excluding hydrogens is 376 g/mol. The lowest BCUT2D eigenvalue weighted by atomic mass is 9.99. The predicted molar refractivity (Wildman–Crippen MR) is 117 cm³/mol. The Morgan fingerprint density at radius 1 is 1.10 bits per heavy atom. The molecule has 1 aromatic heterocycles. The number of nitrogens with one attached hydrogen (secondary N) is 1. The molecular formula is C25H28N2O3. The zero-order chi connectivity index (χ0) is 21.1. The van der Waals surface area contributed by atoms with Crippen LogP contribution in [0.4, 0.5) is 0 Å². The smallest absolute Gasteiger partial charge is 0.224 e. The largest absolute Gasteiger partial charge is 0.464 e. The number of furan rings is 1. The third-order valence-electron chi connectivity index (χ3n) is 6.07. The van der Waals surface area contributed by atoms with E-state index in [4.69, 9.17) is 4.42 Å². The molecule has 0 saturated carbocycles. The van der Waals surface area contributed by atoms with Gasteiger partial charge in [-0.25, -0.2) is 0 Å². The van der Waals surface area contributed by atoms with E-state index in [-0.39, 0.29) is 18.2 Å². The van der Waals surface area contributed by atoms with Gasteiger partial charge in [0.15, 0.2) is 0 Å². The second-order valence-corrected chi connectivity index (χ2v) is 8.11. The highest BCUT2D eigenvalue weighted by Crippen LogP contribution is 2.26. The first-order valence-corrected chi connectivity index (χ1v) is 10.6. The predicted octanol–water partition coefficient (Wildman–Crippen LogP) is 4.07. The quantitative estimate of drug-likeness (QED) is 0.630. The number of carbonyl (C=O) groups excluding carboxylic acids is 2. The van der Waals surface area contributed by atoms with Crippen molar-refractivity contribution in [2.45, 2.75) is 46.1 Å². The summed E-state index contributed by atoms with van der Waals surface area (Å²) in [5.74, 6) is 0.112. The van der Waals surface area contributed by atoms with Crippen LogP contribution in [0.1, 0.15) is 40.7 Å². The molecule has 2 heterocycles. The molecule has 0 spiro atoms. The van der Waals surface area contributed by atoms with Gasteiger partial charge in [0.2, 0.25) is 11.8 Å². The van der Waals surface area contributed by atoms with Gasteiger partial charge in [-0.2, -0.15) is 0 Å². The average molecular weight is 405 g/mol. The molecule has 0 radical (unpaired) electrons. The first-order valence-electron chi connectivity index (χ1n) is 10.6. The summed E-state index contributed by atoms with van der Waals surface area (Å²) in [6.07, 6.45) is 3.97. The van der Waals surface area contributed by atoms with Crippen LogP contribution in [-0.4, -0.2) is 29.8 Å². The number of hydrogen-bond donors (Lipinski definition) is 1. The van der Waals surface area contributed by atoms with Gasteiger partial charge in [0.1, 0.15) is 5.58 Å². The summed E-state index contributed by atoms with van der Waals surface area (Å²) >= 11 is 0. The van der Waals surface area contributed by atoms with E-state index >= 15 is 0 Å². The molecule has 156 valence electrons. The van der Waals surface area contributed by atoms with Crippen molar-refractivity contribution in [3.05, 3.63) is 70.5 Å². The highest BCUT2D eigenvalue weighted by Gasteiger charge is 2.20. The topological polar surface area (TPSA) is 62.6 Å². The summed E-state index contributed by atoms with van der Waals surface area (Å²) < 4.78 is 5.68. The Bertz CT molecular complexity index is 1080. The fraction of sp³-hybridized carbons (Fsp3) is 0.360. The molecule has 1 aliphatic rings. The molecule has 0 atom stereocenters. The molecule has 4 rings (SSSR count). The number of rotatable bonds is 6. The molecule has 30 heavy (non-hydrogen) atoms. The summed E-state index contributed by atoms with van der Waals surface area (Å²) in [7, 11) is 0. The second-order valence-electron chi connectivity index (χ2n) is 8.11. The maximum absolute atomic E-state index is 12.5. The van der Waals surface area contributed by atoms with Gasteiger partial charge in [0.25, 0.3) is 0 Å². The number of hydrogen-bond acceptors (Lipinski definition) is 3. The number of nitrogens with zero attached hydrogens (tertiary/aromatic N) is 1. The van der Waals surface area contributed by atoms with E-state index < -0.39 is 0 Å². The Morgan fingerprint density at radius 3 is 2.73 bits per heavy atom. The van der Waals surface area contributed by atoms with Gasteiger partial charge in [-0.3, -0.25) is 9.59 Å². The lowest BCUT2D eigenvalue weighted by Crippen LogP contribution is -2.36. The van der Waals surface area contributed by atoms with E-state index in [9.17, 15) is 9.59 Å². The number of carbonyl (C=O) groups is 2. The molecule has 2 aromatic carbocycles. The summed E-state index contributed by atoms with van der Waals surface area (Å²) in [5.41, 5.74) is 6.61. The van der Waals surface area contributed by atoms with Crippen LogP contribution in [0.3, 0.4) is 0 Å². The summed E-state index contributed by atoms with van der Waals surface area (Å²) in [5, 5.41) is 3.93. The summed E-state index contributed by atoms with van der Waals surface area (Å²) in [4.78, 5) is 26.8. The molecule has 0 unspecified atom stereocenters. The lowest BCUT2D eigenvalue weighted by Gasteiger charge is -2.29. The Hall–Kier alpha value is -3.08. The van der Waals surface area contributed by atoms with Gasteiger partial charge in [-0.1, -0.05) is 36.4 Å². The standard InChI is InChI=1S/C25H28N2O3/c1-17-9-10-22-21(16-30-25(22)18(17)2)14-23(28)26-12-5-8-24(29)27-13-11-19-6-3-4-7-20(19)15-27/h3-4,6-7,9-10,16H,5,8,11-15H2,1-2H3,(H,26,28). The minimum Gasteiger partial charge on any atom is -0.464 e. The van der Waals surface area contributed by atoms with Crippen LogP contribution in [0.15, 0.2) is 47.1 Å². The van der Waals surface area contributed by atoms with E-state index in [2.05, 4.69) is 23.5 Å². The molecule has 1 N–H and O–H groups in total. The SMILES string of the molecule is Cc1ccc2c(CC(=O)NCCCC(=O)N3CCc4ccccc4C3)coc2c1C. The Kier molecular flexibility index (Phi) is 5.88. The number of amides is 2.